The third-order valence-electron chi connectivity index (χ3n) is 4.05. The van der Waals surface area contributed by atoms with Gasteiger partial charge in [-0.2, -0.15) is 0 Å². The molecule has 1 amide bonds. The molecule has 1 aromatic rings. The first-order valence-electron chi connectivity index (χ1n) is 7.86. The Kier molecular flexibility index (Phi) is 5.45. The van der Waals surface area contributed by atoms with Crippen molar-refractivity contribution in [2.45, 2.75) is 58.4 Å². The van der Waals surface area contributed by atoms with Crippen LogP contribution >= 0.6 is 0 Å². The Labute approximate surface area is 122 Å². The monoisotopic (exact) mass is 274 g/mol. The molecule has 0 aromatic heterocycles. The van der Waals surface area contributed by atoms with Crippen molar-refractivity contribution in [2.24, 2.45) is 0 Å². The number of nitrogens with one attached hydrogen (secondary N) is 2. The van der Waals surface area contributed by atoms with Gasteiger partial charge in [-0.05, 0) is 50.5 Å². The number of amides is 1. The Morgan fingerprint density at radius 3 is 2.50 bits per heavy atom. The summed E-state index contributed by atoms with van der Waals surface area (Å²) in [5.41, 5.74) is 3.01. The van der Waals surface area contributed by atoms with Gasteiger partial charge in [0.2, 0.25) is 0 Å². The first kappa shape index (κ1) is 14.9. The summed E-state index contributed by atoms with van der Waals surface area (Å²) < 4.78 is 0. The van der Waals surface area contributed by atoms with Gasteiger partial charge in [-0.3, -0.25) is 4.79 Å². The maximum Gasteiger partial charge on any atom is 0.251 e. The minimum atomic E-state index is 0.0723. The summed E-state index contributed by atoms with van der Waals surface area (Å²) in [5.74, 6) is 0.0723. The van der Waals surface area contributed by atoms with Crippen LogP contribution in [-0.2, 0) is 0 Å². The van der Waals surface area contributed by atoms with Crippen LogP contribution in [0.2, 0.25) is 0 Å². The van der Waals surface area contributed by atoms with E-state index in [-0.39, 0.29) is 5.91 Å². The van der Waals surface area contributed by atoms with Gasteiger partial charge in [-0.15, -0.1) is 0 Å². The molecule has 20 heavy (non-hydrogen) atoms. The number of carbonyl (C=O) groups is 1. The molecular formula is C17H26N2O. The van der Waals surface area contributed by atoms with Crippen molar-refractivity contribution in [3.63, 3.8) is 0 Å². The van der Waals surface area contributed by atoms with E-state index in [9.17, 15) is 4.79 Å². The van der Waals surface area contributed by atoms with E-state index < -0.39 is 0 Å². The normalized spacial score (nSPS) is 16.5. The molecule has 2 rings (SSSR count). The topological polar surface area (TPSA) is 41.1 Å². The van der Waals surface area contributed by atoms with Crippen LogP contribution in [0.4, 0.5) is 5.69 Å². The lowest BCUT2D eigenvalue weighted by molar-refractivity contribution is 0.0933. The molecule has 1 aliphatic carbocycles. The van der Waals surface area contributed by atoms with Gasteiger partial charge in [0.25, 0.3) is 5.91 Å². The Balaban J connectivity index is 1.99. The summed E-state index contributed by atoms with van der Waals surface area (Å²) in [5, 5.41) is 6.49. The van der Waals surface area contributed by atoms with Gasteiger partial charge < -0.3 is 10.6 Å². The van der Waals surface area contributed by atoms with Gasteiger partial charge in [0, 0.05) is 23.8 Å². The molecule has 3 heteroatoms. The summed E-state index contributed by atoms with van der Waals surface area (Å²) in [4.78, 5) is 12.3. The molecule has 1 aromatic carbocycles. The standard InChI is InChI=1S/C17H26N2O/c1-3-18-16-11-10-14(12-13(16)2)17(20)19-15-8-6-4-5-7-9-15/h10-12,15,18H,3-9H2,1-2H3,(H,19,20). The van der Waals surface area contributed by atoms with E-state index in [4.69, 9.17) is 0 Å². The second kappa shape index (κ2) is 7.32. The zero-order valence-electron chi connectivity index (χ0n) is 12.7. The van der Waals surface area contributed by atoms with E-state index in [0.29, 0.717) is 6.04 Å². The minimum Gasteiger partial charge on any atom is -0.385 e. The Morgan fingerprint density at radius 1 is 1.20 bits per heavy atom. The second-order valence-corrected chi connectivity index (χ2v) is 5.72. The van der Waals surface area contributed by atoms with Crippen molar-refractivity contribution >= 4 is 11.6 Å². The lowest BCUT2D eigenvalue weighted by Crippen LogP contribution is -2.34. The first-order chi connectivity index (χ1) is 9.70. The lowest BCUT2D eigenvalue weighted by atomic mass is 10.1. The molecule has 0 heterocycles. The summed E-state index contributed by atoms with van der Waals surface area (Å²) in [6.45, 7) is 5.01. The zero-order valence-corrected chi connectivity index (χ0v) is 12.7. The molecule has 3 nitrogen and oxygen atoms in total. The second-order valence-electron chi connectivity index (χ2n) is 5.72. The van der Waals surface area contributed by atoms with Crippen LogP contribution in [0.1, 0.15) is 61.4 Å². The average Bonchev–Trinajstić information content (AvgIpc) is 2.70. The van der Waals surface area contributed by atoms with E-state index in [2.05, 4.69) is 17.6 Å². The maximum absolute atomic E-state index is 12.3. The SMILES string of the molecule is CCNc1ccc(C(=O)NC2CCCCCC2)cc1C. The van der Waals surface area contributed by atoms with Gasteiger partial charge in [-0.25, -0.2) is 0 Å². The smallest absolute Gasteiger partial charge is 0.251 e. The molecule has 0 aliphatic heterocycles. The Morgan fingerprint density at radius 2 is 1.90 bits per heavy atom. The molecule has 1 fully saturated rings. The third-order valence-corrected chi connectivity index (χ3v) is 4.05. The van der Waals surface area contributed by atoms with Gasteiger partial charge in [0.05, 0.1) is 0 Å². The minimum absolute atomic E-state index is 0.0723. The fourth-order valence-corrected chi connectivity index (χ4v) is 2.89. The molecular weight excluding hydrogens is 248 g/mol. The van der Waals surface area contributed by atoms with E-state index in [1.54, 1.807) is 0 Å². The van der Waals surface area contributed by atoms with Crippen LogP contribution in [0.15, 0.2) is 18.2 Å². The fourth-order valence-electron chi connectivity index (χ4n) is 2.89. The zero-order chi connectivity index (χ0) is 14.4. The van der Waals surface area contributed by atoms with Crippen LogP contribution in [-0.4, -0.2) is 18.5 Å². The number of benzene rings is 1. The molecule has 0 spiro atoms. The van der Waals surface area contributed by atoms with Gasteiger partial charge in [0.15, 0.2) is 0 Å². The van der Waals surface area contributed by atoms with Crippen molar-refractivity contribution in [1.29, 1.82) is 0 Å². The highest BCUT2D eigenvalue weighted by molar-refractivity contribution is 5.95. The van der Waals surface area contributed by atoms with E-state index in [0.717, 1.165) is 36.2 Å². The van der Waals surface area contributed by atoms with E-state index >= 15 is 0 Å². The molecule has 0 unspecified atom stereocenters. The summed E-state index contributed by atoms with van der Waals surface area (Å²) in [7, 11) is 0. The summed E-state index contributed by atoms with van der Waals surface area (Å²) in [6.07, 6.45) is 7.35. The number of hydrogen-bond acceptors (Lipinski definition) is 2. The predicted octanol–water partition coefficient (Wildman–Crippen LogP) is 3.88. The molecule has 1 aliphatic rings. The molecule has 0 saturated heterocycles. The third kappa shape index (κ3) is 3.99. The number of rotatable bonds is 4. The highest BCUT2D eigenvalue weighted by atomic mass is 16.1. The molecule has 2 N–H and O–H groups in total. The van der Waals surface area contributed by atoms with Crippen molar-refractivity contribution in [1.82, 2.24) is 5.32 Å². The van der Waals surface area contributed by atoms with Crippen molar-refractivity contribution in [3.05, 3.63) is 29.3 Å². The van der Waals surface area contributed by atoms with Crippen molar-refractivity contribution in [2.75, 3.05) is 11.9 Å². The van der Waals surface area contributed by atoms with Gasteiger partial charge >= 0.3 is 0 Å². The van der Waals surface area contributed by atoms with E-state index in [1.165, 1.54) is 25.7 Å². The number of aryl methyl sites for hydroxylation is 1. The molecule has 0 atom stereocenters. The van der Waals surface area contributed by atoms with Gasteiger partial charge in [0.1, 0.15) is 0 Å². The number of anilines is 1. The van der Waals surface area contributed by atoms with E-state index in [1.807, 2.05) is 25.1 Å². The molecule has 0 bridgehead atoms. The van der Waals surface area contributed by atoms with Crippen LogP contribution < -0.4 is 10.6 Å². The first-order valence-corrected chi connectivity index (χ1v) is 7.86. The lowest BCUT2D eigenvalue weighted by Gasteiger charge is -2.17. The Bertz CT molecular complexity index is 448. The molecule has 110 valence electrons. The van der Waals surface area contributed by atoms with Gasteiger partial charge in [-0.1, -0.05) is 25.7 Å². The van der Waals surface area contributed by atoms with Crippen LogP contribution in [0.3, 0.4) is 0 Å². The van der Waals surface area contributed by atoms with Crippen LogP contribution in [0.25, 0.3) is 0 Å². The number of hydrogen-bond donors (Lipinski definition) is 2. The maximum atomic E-state index is 12.3. The largest absolute Gasteiger partial charge is 0.385 e. The summed E-state index contributed by atoms with van der Waals surface area (Å²) >= 11 is 0. The highest BCUT2D eigenvalue weighted by Gasteiger charge is 2.16. The van der Waals surface area contributed by atoms with Crippen LogP contribution in [0, 0.1) is 6.92 Å². The fraction of sp³-hybridized carbons (Fsp3) is 0.588. The molecule has 1 saturated carbocycles. The van der Waals surface area contributed by atoms with Crippen molar-refractivity contribution in [3.8, 4) is 0 Å². The predicted molar refractivity (Wildman–Crippen MR) is 84.3 cm³/mol. The van der Waals surface area contributed by atoms with Crippen molar-refractivity contribution < 1.29 is 4.79 Å². The highest BCUT2D eigenvalue weighted by Crippen LogP contribution is 2.19. The quantitative estimate of drug-likeness (QED) is 0.818. The number of carbonyl (C=O) groups excluding carboxylic acids is 1. The summed E-state index contributed by atoms with van der Waals surface area (Å²) in [6, 6.07) is 6.25. The average molecular weight is 274 g/mol. The van der Waals surface area contributed by atoms with Crippen LogP contribution in [0.5, 0.6) is 0 Å². The molecule has 0 radical (unpaired) electrons. The Hall–Kier alpha value is -1.51.